The van der Waals surface area contributed by atoms with E-state index in [0.29, 0.717) is 6.04 Å². The molecule has 0 radical (unpaired) electrons. The molecule has 0 aromatic rings. The molecule has 1 saturated heterocycles. The van der Waals surface area contributed by atoms with Gasteiger partial charge in [0.1, 0.15) is 6.29 Å². The van der Waals surface area contributed by atoms with Gasteiger partial charge in [0.2, 0.25) is 0 Å². The van der Waals surface area contributed by atoms with Crippen molar-refractivity contribution in [1.29, 1.82) is 0 Å². The van der Waals surface area contributed by atoms with Gasteiger partial charge in [0.25, 0.3) is 0 Å². The summed E-state index contributed by atoms with van der Waals surface area (Å²) in [6.45, 7) is 10.8. The van der Waals surface area contributed by atoms with Gasteiger partial charge >= 0.3 is 0 Å². The molecule has 1 heterocycles. The Labute approximate surface area is 99.8 Å². The number of aldehydes is 1. The average molecular weight is 226 g/mol. The molecule has 0 amide bonds. The van der Waals surface area contributed by atoms with Gasteiger partial charge in [-0.15, -0.1) is 0 Å². The van der Waals surface area contributed by atoms with Gasteiger partial charge < -0.3 is 9.69 Å². The van der Waals surface area contributed by atoms with E-state index in [0.717, 1.165) is 39.0 Å². The summed E-state index contributed by atoms with van der Waals surface area (Å²) >= 11 is 0. The number of carbonyl (C=O) groups excluding carboxylic acids is 1. The second-order valence-electron chi connectivity index (χ2n) is 5.27. The van der Waals surface area contributed by atoms with Crippen molar-refractivity contribution in [3.05, 3.63) is 0 Å². The molecule has 1 atom stereocenters. The molecule has 3 heteroatoms. The van der Waals surface area contributed by atoms with E-state index in [4.69, 9.17) is 0 Å². The third-order valence-corrected chi connectivity index (χ3v) is 4.14. The van der Waals surface area contributed by atoms with Crippen molar-refractivity contribution in [3.63, 3.8) is 0 Å². The van der Waals surface area contributed by atoms with Gasteiger partial charge in [0.15, 0.2) is 0 Å². The first-order valence-electron chi connectivity index (χ1n) is 6.46. The zero-order valence-electron chi connectivity index (χ0n) is 11.2. The van der Waals surface area contributed by atoms with Crippen LogP contribution >= 0.6 is 0 Å². The van der Waals surface area contributed by atoms with Gasteiger partial charge in [-0.25, -0.2) is 0 Å². The summed E-state index contributed by atoms with van der Waals surface area (Å²) < 4.78 is 0. The fraction of sp³-hybridized carbons (Fsp3) is 0.923. The van der Waals surface area contributed by atoms with E-state index in [-0.39, 0.29) is 5.41 Å². The predicted molar refractivity (Wildman–Crippen MR) is 67.6 cm³/mol. The highest BCUT2D eigenvalue weighted by Crippen LogP contribution is 2.26. The second kappa shape index (κ2) is 5.78. The minimum Gasteiger partial charge on any atom is -0.304 e. The quantitative estimate of drug-likeness (QED) is 0.666. The fourth-order valence-corrected chi connectivity index (χ4v) is 2.49. The highest BCUT2D eigenvalue weighted by atomic mass is 16.1. The Morgan fingerprint density at radius 3 is 2.38 bits per heavy atom. The van der Waals surface area contributed by atoms with Crippen LogP contribution in [0.5, 0.6) is 0 Å². The maximum Gasteiger partial charge on any atom is 0.127 e. The van der Waals surface area contributed by atoms with Crippen molar-refractivity contribution in [2.45, 2.75) is 39.7 Å². The first kappa shape index (κ1) is 13.7. The molecule has 1 unspecified atom stereocenters. The molecule has 1 aliphatic rings. The molecule has 0 aromatic carbocycles. The molecule has 94 valence electrons. The number of hydrogen-bond acceptors (Lipinski definition) is 3. The third kappa shape index (κ3) is 3.05. The van der Waals surface area contributed by atoms with E-state index in [1.165, 1.54) is 6.29 Å². The Morgan fingerprint density at radius 1 is 1.31 bits per heavy atom. The van der Waals surface area contributed by atoms with Gasteiger partial charge in [-0.05, 0) is 26.8 Å². The van der Waals surface area contributed by atoms with E-state index in [1.807, 2.05) is 0 Å². The molecular weight excluding hydrogens is 200 g/mol. The minimum atomic E-state index is -0.121. The Kier molecular flexibility index (Phi) is 4.93. The minimum absolute atomic E-state index is 0.121. The van der Waals surface area contributed by atoms with Crippen molar-refractivity contribution < 1.29 is 4.79 Å². The Balaban J connectivity index is 2.61. The average Bonchev–Trinajstić information content (AvgIpc) is 2.29. The lowest BCUT2D eigenvalue weighted by Gasteiger charge is -2.42. The zero-order valence-corrected chi connectivity index (χ0v) is 11.2. The largest absolute Gasteiger partial charge is 0.304 e. The van der Waals surface area contributed by atoms with Gasteiger partial charge in [-0.3, -0.25) is 4.90 Å². The SMILES string of the molecule is CCC(C=O)(CC)CN1CCN(C)CC1C. The van der Waals surface area contributed by atoms with Crippen LogP contribution < -0.4 is 0 Å². The van der Waals surface area contributed by atoms with Crippen molar-refractivity contribution >= 4 is 6.29 Å². The third-order valence-electron chi connectivity index (χ3n) is 4.14. The van der Waals surface area contributed by atoms with Crippen LogP contribution in [0.15, 0.2) is 0 Å². The lowest BCUT2D eigenvalue weighted by atomic mass is 9.83. The van der Waals surface area contributed by atoms with Crippen LogP contribution in [0.4, 0.5) is 0 Å². The molecule has 1 aliphatic heterocycles. The molecular formula is C13H26N2O. The summed E-state index contributed by atoms with van der Waals surface area (Å²) in [4.78, 5) is 16.1. The van der Waals surface area contributed by atoms with E-state index in [1.54, 1.807) is 0 Å². The smallest absolute Gasteiger partial charge is 0.127 e. The molecule has 0 saturated carbocycles. The molecule has 3 nitrogen and oxygen atoms in total. The number of nitrogens with zero attached hydrogens (tertiary/aromatic N) is 2. The van der Waals surface area contributed by atoms with Crippen molar-refractivity contribution in [2.24, 2.45) is 5.41 Å². The lowest BCUT2D eigenvalue weighted by Crippen LogP contribution is -2.53. The summed E-state index contributed by atoms with van der Waals surface area (Å²) in [7, 11) is 2.17. The first-order valence-corrected chi connectivity index (χ1v) is 6.46. The molecule has 0 bridgehead atoms. The van der Waals surface area contributed by atoms with E-state index in [2.05, 4.69) is 37.6 Å². The second-order valence-corrected chi connectivity index (χ2v) is 5.27. The van der Waals surface area contributed by atoms with Crippen molar-refractivity contribution in [3.8, 4) is 0 Å². The fourth-order valence-electron chi connectivity index (χ4n) is 2.49. The molecule has 0 aromatic heterocycles. The van der Waals surface area contributed by atoms with E-state index in [9.17, 15) is 4.79 Å². The lowest BCUT2D eigenvalue weighted by molar-refractivity contribution is -0.118. The summed E-state index contributed by atoms with van der Waals surface area (Å²) in [5.41, 5.74) is -0.121. The molecule has 0 N–H and O–H groups in total. The van der Waals surface area contributed by atoms with Crippen LogP contribution in [0.3, 0.4) is 0 Å². The van der Waals surface area contributed by atoms with E-state index >= 15 is 0 Å². The normalized spacial score (nSPS) is 24.6. The van der Waals surface area contributed by atoms with E-state index < -0.39 is 0 Å². The summed E-state index contributed by atoms with van der Waals surface area (Å²) in [6.07, 6.45) is 3.08. The summed E-state index contributed by atoms with van der Waals surface area (Å²) in [5.74, 6) is 0. The number of hydrogen-bond donors (Lipinski definition) is 0. The highest BCUT2D eigenvalue weighted by molar-refractivity contribution is 5.59. The predicted octanol–water partition coefficient (Wildman–Crippen LogP) is 1.63. The highest BCUT2D eigenvalue weighted by Gasteiger charge is 2.31. The van der Waals surface area contributed by atoms with Gasteiger partial charge in [-0.1, -0.05) is 13.8 Å². The van der Waals surface area contributed by atoms with Crippen LogP contribution in [0.2, 0.25) is 0 Å². The van der Waals surface area contributed by atoms with Gasteiger partial charge in [0.05, 0.1) is 0 Å². The Hall–Kier alpha value is -0.410. The number of carbonyl (C=O) groups is 1. The number of likely N-dealkylation sites (N-methyl/N-ethyl adjacent to an activating group) is 1. The standard InChI is InChI=1S/C13H26N2O/c1-5-13(6-2,11-16)10-15-8-7-14(4)9-12(15)3/h11-12H,5-10H2,1-4H3. The zero-order chi connectivity index (χ0) is 12.2. The Bertz CT molecular complexity index is 226. The van der Waals surface area contributed by atoms with Crippen LogP contribution in [0.25, 0.3) is 0 Å². The summed E-state index contributed by atoms with van der Waals surface area (Å²) in [5, 5.41) is 0. The molecule has 0 spiro atoms. The van der Waals surface area contributed by atoms with Crippen LogP contribution in [0.1, 0.15) is 33.6 Å². The maximum absolute atomic E-state index is 11.3. The van der Waals surface area contributed by atoms with Crippen molar-refractivity contribution in [1.82, 2.24) is 9.80 Å². The molecule has 0 aliphatic carbocycles. The molecule has 16 heavy (non-hydrogen) atoms. The van der Waals surface area contributed by atoms with Crippen LogP contribution in [-0.2, 0) is 4.79 Å². The number of piperazine rings is 1. The maximum atomic E-state index is 11.3. The monoisotopic (exact) mass is 226 g/mol. The van der Waals surface area contributed by atoms with Gasteiger partial charge in [0, 0.05) is 37.6 Å². The topological polar surface area (TPSA) is 23.6 Å². The van der Waals surface area contributed by atoms with Gasteiger partial charge in [-0.2, -0.15) is 0 Å². The molecule has 1 fully saturated rings. The Morgan fingerprint density at radius 2 is 1.94 bits per heavy atom. The molecule has 1 rings (SSSR count). The summed E-state index contributed by atoms with van der Waals surface area (Å²) in [6, 6.07) is 0.566. The number of rotatable bonds is 5. The first-order chi connectivity index (χ1) is 7.56. The van der Waals surface area contributed by atoms with Crippen molar-refractivity contribution in [2.75, 3.05) is 33.2 Å². The van der Waals surface area contributed by atoms with Crippen LogP contribution in [-0.4, -0.2) is 55.4 Å². The van der Waals surface area contributed by atoms with Crippen LogP contribution in [0, 0.1) is 5.41 Å².